The Morgan fingerprint density at radius 1 is 1.12 bits per heavy atom. The van der Waals surface area contributed by atoms with Crippen LogP contribution in [0.25, 0.3) is 22.4 Å². The molecule has 1 saturated heterocycles. The van der Waals surface area contributed by atoms with Gasteiger partial charge in [0.25, 0.3) is 0 Å². The Hall–Kier alpha value is -2.02. The zero-order valence-electron chi connectivity index (χ0n) is 17.9. The maximum absolute atomic E-state index is 5.82. The predicted molar refractivity (Wildman–Crippen MR) is 137 cm³/mol. The first-order valence-corrected chi connectivity index (χ1v) is 10.3. The molecule has 172 valence electrons. The minimum absolute atomic E-state index is 0. The number of aromatic nitrogens is 2. The van der Waals surface area contributed by atoms with E-state index < -0.39 is 0 Å². The van der Waals surface area contributed by atoms with Gasteiger partial charge in [0.15, 0.2) is 0 Å². The van der Waals surface area contributed by atoms with Crippen molar-refractivity contribution in [2.45, 2.75) is 31.5 Å². The van der Waals surface area contributed by atoms with Crippen molar-refractivity contribution < 1.29 is 4.42 Å². The lowest BCUT2D eigenvalue weighted by Crippen LogP contribution is -2.45. The summed E-state index contributed by atoms with van der Waals surface area (Å²) in [5.41, 5.74) is 4.58. The molecule has 32 heavy (non-hydrogen) atoms. The van der Waals surface area contributed by atoms with Gasteiger partial charge in [0, 0.05) is 54.6 Å². The molecule has 0 spiro atoms. The van der Waals surface area contributed by atoms with E-state index >= 15 is 0 Å². The van der Waals surface area contributed by atoms with E-state index in [-0.39, 0.29) is 37.2 Å². The van der Waals surface area contributed by atoms with Crippen molar-refractivity contribution in [3.8, 4) is 11.4 Å². The van der Waals surface area contributed by atoms with Crippen LogP contribution in [0.3, 0.4) is 0 Å². The molecule has 5 rings (SSSR count). The lowest BCUT2D eigenvalue weighted by molar-refractivity contribution is 0.304. The average molecular weight is 496 g/mol. The van der Waals surface area contributed by atoms with Gasteiger partial charge in [0.05, 0.1) is 6.26 Å². The van der Waals surface area contributed by atoms with Crippen LogP contribution in [0, 0.1) is 0 Å². The van der Waals surface area contributed by atoms with Gasteiger partial charge in [-0.15, -0.1) is 37.2 Å². The second-order valence-corrected chi connectivity index (χ2v) is 7.81. The van der Waals surface area contributed by atoms with E-state index in [9.17, 15) is 0 Å². The van der Waals surface area contributed by atoms with Crippen molar-refractivity contribution in [1.29, 1.82) is 0 Å². The van der Waals surface area contributed by atoms with E-state index in [4.69, 9.17) is 4.42 Å². The lowest BCUT2D eigenvalue weighted by atomic mass is 9.92. The van der Waals surface area contributed by atoms with Crippen molar-refractivity contribution in [1.82, 2.24) is 20.2 Å². The normalized spacial score (nSPS) is 17.8. The SMILES string of the molecule is Cl.Cl.Cl.Cn1ccnc1-c1cc(CN[C@H]2CCCN[C@H]2c2ccccc2)c2occc2c1. The van der Waals surface area contributed by atoms with Crippen LogP contribution < -0.4 is 10.6 Å². The zero-order valence-corrected chi connectivity index (χ0v) is 20.3. The number of halogens is 3. The van der Waals surface area contributed by atoms with E-state index in [1.807, 2.05) is 25.5 Å². The fourth-order valence-electron chi connectivity index (χ4n) is 4.42. The third-order valence-corrected chi connectivity index (χ3v) is 5.88. The molecule has 3 heterocycles. The van der Waals surface area contributed by atoms with Gasteiger partial charge in [0.2, 0.25) is 0 Å². The second-order valence-electron chi connectivity index (χ2n) is 7.81. The van der Waals surface area contributed by atoms with Crippen molar-refractivity contribution in [3.63, 3.8) is 0 Å². The Morgan fingerprint density at radius 3 is 2.69 bits per heavy atom. The highest BCUT2D eigenvalue weighted by atomic mass is 35.5. The summed E-state index contributed by atoms with van der Waals surface area (Å²) in [7, 11) is 2.03. The third kappa shape index (κ3) is 5.30. The van der Waals surface area contributed by atoms with Crippen LogP contribution in [0.4, 0.5) is 0 Å². The van der Waals surface area contributed by atoms with E-state index in [1.165, 1.54) is 17.5 Å². The van der Waals surface area contributed by atoms with Gasteiger partial charge in [-0.1, -0.05) is 30.3 Å². The van der Waals surface area contributed by atoms with Gasteiger partial charge in [0.1, 0.15) is 11.4 Å². The fraction of sp³-hybridized carbons (Fsp3) is 0.292. The smallest absolute Gasteiger partial charge is 0.139 e. The highest BCUT2D eigenvalue weighted by molar-refractivity contribution is 5.86. The number of piperidine rings is 1. The molecule has 2 aromatic heterocycles. The van der Waals surface area contributed by atoms with Gasteiger partial charge >= 0.3 is 0 Å². The molecule has 0 saturated carbocycles. The zero-order chi connectivity index (χ0) is 19.6. The first kappa shape index (κ1) is 26.2. The number of furan rings is 1. The van der Waals surface area contributed by atoms with Crippen LogP contribution in [-0.4, -0.2) is 22.1 Å². The number of nitrogens with zero attached hydrogens (tertiary/aromatic N) is 2. The minimum Gasteiger partial charge on any atom is -0.464 e. The summed E-state index contributed by atoms with van der Waals surface area (Å²) < 4.78 is 7.87. The summed E-state index contributed by atoms with van der Waals surface area (Å²) in [6, 6.07) is 17.8. The van der Waals surface area contributed by atoms with Crippen LogP contribution >= 0.6 is 37.2 Å². The first-order chi connectivity index (χ1) is 14.3. The van der Waals surface area contributed by atoms with Crippen LogP contribution in [0.1, 0.15) is 30.0 Å². The van der Waals surface area contributed by atoms with E-state index in [1.54, 1.807) is 6.26 Å². The quantitative estimate of drug-likeness (QED) is 0.374. The number of benzene rings is 2. The van der Waals surface area contributed by atoms with Crippen molar-refractivity contribution in [2.75, 3.05) is 6.54 Å². The monoisotopic (exact) mass is 494 g/mol. The van der Waals surface area contributed by atoms with E-state index in [0.717, 1.165) is 41.9 Å². The van der Waals surface area contributed by atoms with Gasteiger partial charge in [-0.25, -0.2) is 4.98 Å². The van der Waals surface area contributed by atoms with E-state index in [0.29, 0.717) is 12.1 Å². The number of imidazole rings is 1. The van der Waals surface area contributed by atoms with Crippen molar-refractivity contribution in [3.05, 3.63) is 78.3 Å². The average Bonchev–Trinajstić information content (AvgIpc) is 3.41. The summed E-state index contributed by atoms with van der Waals surface area (Å²) >= 11 is 0. The molecule has 0 bridgehead atoms. The Kier molecular flexibility index (Phi) is 9.62. The Morgan fingerprint density at radius 2 is 1.94 bits per heavy atom. The molecule has 0 amide bonds. The molecule has 1 aliphatic heterocycles. The van der Waals surface area contributed by atoms with Gasteiger partial charge in [-0.2, -0.15) is 0 Å². The summed E-state index contributed by atoms with van der Waals surface area (Å²) in [5, 5.41) is 8.62. The standard InChI is InChI=1S/C24H26N4O.3ClH/c1-28-12-11-26-24(28)19-14-18-9-13-29-23(18)20(15-19)16-27-21-8-5-10-25-22(21)17-6-3-2-4-7-17;;;/h2-4,6-7,9,11-15,21-22,25,27H,5,8,10,16H2,1H3;3*1H/t21-,22-;;;/m0.../s1. The molecule has 0 radical (unpaired) electrons. The number of hydrogen-bond donors (Lipinski definition) is 2. The largest absolute Gasteiger partial charge is 0.464 e. The Labute approximate surface area is 207 Å². The third-order valence-electron chi connectivity index (χ3n) is 5.88. The highest BCUT2D eigenvalue weighted by Crippen LogP contribution is 2.29. The van der Waals surface area contributed by atoms with Crippen LogP contribution in [0.15, 0.2) is 71.6 Å². The summed E-state index contributed by atoms with van der Waals surface area (Å²) in [6.07, 6.45) is 7.93. The molecule has 1 fully saturated rings. The molecule has 2 aromatic carbocycles. The van der Waals surface area contributed by atoms with Crippen molar-refractivity contribution >= 4 is 48.2 Å². The highest BCUT2D eigenvalue weighted by Gasteiger charge is 2.26. The predicted octanol–water partition coefficient (Wildman–Crippen LogP) is 5.68. The lowest BCUT2D eigenvalue weighted by Gasteiger charge is -2.34. The minimum atomic E-state index is 0. The summed E-state index contributed by atoms with van der Waals surface area (Å²) in [5.74, 6) is 0.968. The topological polar surface area (TPSA) is 55.0 Å². The van der Waals surface area contributed by atoms with Crippen LogP contribution in [0.5, 0.6) is 0 Å². The molecule has 0 aliphatic carbocycles. The molecule has 2 N–H and O–H groups in total. The van der Waals surface area contributed by atoms with Crippen LogP contribution in [-0.2, 0) is 13.6 Å². The maximum atomic E-state index is 5.82. The molecule has 8 heteroatoms. The molecular formula is C24H29Cl3N4O. The fourth-order valence-corrected chi connectivity index (χ4v) is 4.42. The number of aryl methyl sites for hydroxylation is 1. The van der Waals surface area contributed by atoms with Gasteiger partial charge < -0.3 is 19.6 Å². The first-order valence-electron chi connectivity index (χ1n) is 10.3. The Bertz CT molecular complexity index is 1110. The molecule has 1 aliphatic rings. The number of nitrogens with one attached hydrogen (secondary N) is 2. The second kappa shape index (κ2) is 11.7. The molecule has 5 nitrogen and oxygen atoms in total. The number of hydrogen-bond acceptors (Lipinski definition) is 4. The molecular weight excluding hydrogens is 467 g/mol. The summed E-state index contributed by atoms with van der Waals surface area (Å²) in [4.78, 5) is 4.52. The molecule has 2 atom stereocenters. The maximum Gasteiger partial charge on any atom is 0.139 e. The van der Waals surface area contributed by atoms with Gasteiger partial charge in [-0.05, 0) is 43.1 Å². The summed E-state index contributed by atoms with van der Waals surface area (Å²) in [6.45, 7) is 1.83. The number of fused-ring (bicyclic) bond motifs is 1. The van der Waals surface area contributed by atoms with E-state index in [2.05, 4.69) is 62.6 Å². The number of rotatable bonds is 5. The van der Waals surface area contributed by atoms with Crippen LogP contribution in [0.2, 0.25) is 0 Å². The Balaban J connectivity index is 0.00000121. The molecule has 0 unspecified atom stereocenters. The van der Waals surface area contributed by atoms with Gasteiger partial charge in [-0.3, -0.25) is 0 Å². The molecule has 4 aromatic rings. The van der Waals surface area contributed by atoms with Crippen molar-refractivity contribution in [2.24, 2.45) is 7.05 Å².